The summed E-state index contributed by atoms with van der Waals surface area (Å²) in [7, 11) is 1.18. The lowest BCUT2D eigenvalue weighted by molar-refractivity contribution is -0.139. The second-order valence-electron chi connectivity index (χ2n) is 4.35. The standard InChI is InChI=1S/C10H13ClF2O3/c1-10(2)5(6(10)9(14)15)4(8(12)13)7(11)16-3/h5-6,8H,1-3H3,(H,14,15)/t5-,6+/m1/s1. The normalized spacial score (nSPS) is 28.7. The van der Waals surface area contributed by atoms with E-state index in [0.29, 0.717) is 0 Å². The SMILES string of the molecule is COC(Cl)=C(C(F)F)[C@@H]1[C@@H](C(=O)O)C1(C)C. The smallest absolute Gasteiger partial charge is 0.307 e. The summed E-state index contributed by atoms with van der Waals surface area (Å²) in [5.74, 6) is -2.69. The molecule has 0 aromatic heterocycles. The van der Waals surface area contributed by atoms with Crippen LogP contribution in [0.15, 0.2) is 10.8 Å². The van der Waals surface area contributed by atoms with Crippen molar-refractivity contribution in [2.75, 3.05) is 7.11 Å². The molecular weight excluding hydrogens is 242 g/mol. The van der Waals surface area contributed by atoms with E-state index in [-0.39, 0.29) is 0 Å². The zero-order chi connectivity index (χ0) is 12.7. The fourth-order valence-corrected chi connectivity index (χ4v) is 2.34. The van der Waals surface area contributed by atoms with Crippen LogP contribution in [-0.4, -0.2) is 24.6 Å². The predicted octanol–water partition coefficient (Wildman–Crippen LogP) is 2.71. The van der Waals surface area contributed by atoms with E-state index in [0.717, 1.165) is 0 Å². The summed E-state index contributed by atoms with van der Waals surface area (Å²) in [5, 5.41) is 8.49. The second kappa shape index (κ2) is 4.20. The van der Waals surface area contributed by atoms with E-state index >= 15 is 0 Å². The highest BCUT2D eigenvalue weighted by Gasteiger charge is 2.65. The van der Waals surface area contributed by atoms with Crippen molar-refractivity contribution in [3.63, 3.8) is 0 Å². The van der Waals surface area contributed by atoms with Gasteiger partial charge in [0.1, 0.15) is 0 Å². The summed E-state index contributed by atoms with van der Waals surface area (Å²) in [4.78, 5) is 10.9. The van der Waals surface area contributed by atoms with Crippen molar-refractivity contribution >= 4 is 17.6 Å². The molecule has 0 spiro atoms. The number of allylic oxidation sites excluding steroid dienone is 1. The van der Waals surface area contributed by atoms with Crippen LogP contribution in [0.1, 0.15) is 13.8 Å². The number of carboxylic acid groups (broad SMARTS) is 1. The van der Waals surface area contributed by atoms with Crippen LogP contribution in [0.5, 0.6) is 0 Å². The molecule has 0 bridgehead atoms. The molecule has 0 aromatic carbocycles. The summed E-state index contributed by atoms with van der Waals surface area (Å²) in [5.41, 5.74) is -1.13. The van der Waals surface area contributed by atoms with E-state index < -0.39 is 40.4 Å². The van der Waals surface area contributed by atoms with Gasteiger partial charge in [0.05, 0.1) is 18.6 Å². The van der Waals surface area contributed by atoms with E-state index in [1.807, 2.05) is 0 Å². The molecule has 2 atom stereocenters. The van der Waals surface area contributed by atoms with Crippen molar-refractivity contribution in [2.45, 2.75) is 20.3 Å². The number of carboxylic acids is 1. The molecule has 1 N–H and O–H groups in total. The summed E-state index contributed by atoms with van der Waals surface area (Å²) < 4.78 is 30.2. The number of alkyl halides is 2. The van der Waals surface area contributed by atoms with E-state index in [1.165, 1.54) is 7.11 Å². The fraction of sp³-hybridized carbons (Fsp3) is 0.700. The van der Waals surface area contributed by atoms with Gasteiger partial charge in [-0.25, -0.2) is 8.78 Å². The molecule has 1 fully saturated rings. The van der Waals surface area contributed by atoms with Gasteiger partial charge in [0.15, 0.2) is 5.22 Å². The van der Waals surface area contributed by atoms with Crippen molar-refractivity contribution in [1.82, 2.24) is 0 Å². The van der Waals surface area contributed by atoms with Gasteiger partial charge >= 0.3 is 5.97 Å². The Labute approximate surface area is 97.0 Å². The third-order valence-electron chi connectivity index (χ3n) is 3.07. The van der Waals surface area contributed by atoms with Gasteiger partial charge in [0.2, 0.25) is 0 Å². The Balaban J connectivity index is 3.06. The van der Waals surface area contributed by atoms with Gasteiger partial charge < -0.3 is 9.84 Å². The molecule has 1 aliphatic carbocycles. The first-order valence-corrected chi connectivity index (χ1v) is 5.07. The number of ether oxygens (including phenoxy) is 1. The Morgan fingerprint density at radius 1 is 1.44 bits per heavy atom. The summed E-state index contributed by atoms with van der Waals surface area (Å²) in [6.07, 6.45) is -2.80. The van der Waals surface area contributed by atoms with Crippen LogP contribution in [0.4, 0.5) is 8.78 Å². The molecule has 6 heteroatoms. The van der Waals surface area contributed by atoms with Crippen LogP contribution in [0.25, 0.3) is 0 Å². The highest BCUT2D eigenvalue weighted by molar-refractivity contribution is 6.28. The molecule has 1 aliphatic rings. The summed E-state index contributed by atoms with van der Waals surface area (Å²) >= 11 is 5.54. The van der Waals surface area contributed by atoms with Crippen LogP contribution in [0.2, 0.25) is 0 Å². The first kappa shape index (κ1) is 13.2. The maximum Gasteiger partial charge on any atom is 0.307 e. The topological polar surface area (TPSA) is 46.5 Å². The fourth-order valence-electron chi connectivity index (χ4n) is 2.14. The minimum absolute atomic E-state index is 0.406. The molecule has 1 rings (SSSR count). The largest absolute Gasteiger partial charge is 0.486 e. The number of rotatable bonds is 4. The molecule has 0 heterocycles. The average Bonchev–Trinajstić information content (AvgIpc) is 2.68. The third-order valence-corrected chi connectivity index (χ3v) is 3.44. The Hall–Kier alpha value is -0.840. The number of carbonyl (C=O) groups is 1. The molecule has 1 saturated carbocycles. The summed E-state index contributed by atoms with van der Waals surface area (Å²) in [6.45, 7) is 3.25. The Morgan fingerprint density at radius 2 is 1.94 bits per heavy atom. The van der Waals surface area contributed by atoms with Crippen molar-refractivity contribution in [3.05, 3.63) is 10.8 Å². The second-order valence-corrected chi connectivity index (χ2v) is 4.69. The Bertz CT molecular complexity index is 339. The molecule has 0 radical (unpaired) electrons. The lowest BCUT2D eigenvalue weighted by Gasteiger charge is -2.09. The average molecular weight is 255 g/mol. The van der Waals surface area contributed by atoms with E-state index in [4.69, 9.17) is 16.7 Å². The van der Waals surface area contributed by atoms with Gasteiger partial charge in [-0.05, 0) is 17.0 Å². The molecule has 0 unspecified atom stereocenters. The van der Waals surface area contributed by atoms with Crippen LogP contribution in [0, 0.1) is 17.3 Å². The molecular formula is C10H13ClF2O3. The molecule has 0 saturated heterocycles. The van der Waals surface area contributed by atoms with Crippen LogP contribution >= 0.6 is 11.6 Å². The predicted molar refractivity (Wildman–Crippen MR) is 54.3 cm³/mol. The van der Waals surface area contributed by atoms with Gasteiger partial charge in [-0.1, -0.05) is 13.8 Å². The number of hydrogen-bond donors (Lipinski definition) is 1. The van der Waals surface area contributed by atoms with Gasteiger partial charge in [0.25, 0.3) is 6.43 Å². The van der Waals surface area contributed by atoms with Crippen LogP contribution in [-0.2, 0) is 9.53 Å². The van der Waals surface area contributed by atoms with E-state index in [2.05, 4.69) is 4.74 Å². The van der Waals surface area contributed by atoms with Gasteiger partial charge in [-0.3, -0.25) is 4.79 Å². The first-order valence-electron chi connectivity index (χ1n) is 4.69. The Kier molecular flexibility index (Phi) is 3.47. The number of hydrogen-bond acceptors (Lipinski definition) is 2. The minimum atomic E-state index is -2.80. The maximum absolute atomic E-state index is 12.8. The Morgan fingerprint density at radius 3 is 2.19 bits per heavy atom. The number of halogens is 3. The van der Waals surface area contributed by atoms with Crippen molar-refractivity contribution in [3.8, 4) is 0 Å². The molecule has 16 heavy (non-hydrogen) atoms. The zero-order valence-corrected chi connectivity index (χ0v) is 9.89. The first-order chi connectivity index (χ1) is 7.25. The highest BCUT2D eigenvalue weighted by atomic mass is 35.5. The van der Waals surface area contributed by atoms with Gasteiger partial charge in [0, 0.05) is 5.92 Å². The molecule has 92 valence electrons. The van der Waals surface area contributed by atoms with E-state index in [1.54, 1.807) is 13.8 Å². The highest BCUT2D eigenvalue weighted by Crippen LogP contribution is 2.63. The van der Waals surface area contributed by atoms with Crippen LogP contribution < -0.4 is 0 Å². The lowest BCUT2D eigenvalue weighted by Crippen LogP contribution is -2.08. The maximum atomic E-state index is 12.8. The number of aliphatic carboxylic acids is 1. The van der Waals surface area contributed by atoms with Gasteiger partial charge in [-0.15, -0.1) is 0 Å². The van der Waals surface area contributed by atoms with Gasteiger partial charge in [-0.2, -0.15) is 0 Å². The van der Waals surface area contributed by atoms with Crippen molar-refractivity contribution in [2.24, 2.45) is 17.3 Å². The summed E-state index contributed by atoms with van der Waals surface area (Å²) in [6, 6.07) is 0. The molecule has 0 aliphatic heterocycles. The van der Waals surface area contributed by atoms with Crippen molar-refractivity contribution < 1.29 is 23.4 Å². The quantitative estimate of drug-likeness (QED) is 0.785. The third kappa shape index (κ3) is 2.00. The van der Waals surface area contributed by atoms with E-state index in [9.17, 15) is 13.6 Å². The van der Waals surface area contributed by atoms with Crippen molar-refractivity contribution in [1.29, 1.82) is 0 Å². The zero-order valence-electron chi connectivity index (χ0n) is 9.13. The molecule has 0 amide bonds. The molecule has 0 aromatic rings. The minimum Gasteiger partial charge on any atom is -0.486 e. The number of methoxy groups -OCH3 is 1. The molecule has 3 nitrogen and oxygen atoms in total. The lowest BCUT2D eigenvalue weighted by atomic mass is 10.0. The van der Waals surface area contributed by atoms with Crippen LogP contribution in [0.3, 0.4) is 0 Å². The monoisotopic (exact) mass is 254 g/mol.